The molecule has 0 aliphatic heterocycles. The van der Waals surface area contributed by atoms with E-state index in [0.29, 0.717) is 0 Å². The van der Waals surface area contributed by atoms with Crippen LogP contribution < -0.4 is 0 Å². The van der Waals surface area contributed by atoms with Gasteiger partial charge in [0.15, 0.2) is 0 Å². The number of hydrogen-bond donors (Lipinski definition) is 2. The van der Waals surface area contributed by atoms with Crippen LogP contribution in [0.4, 0.5) is 0 Å². The van der Waals surface area contributed by atoms with Crippen LogP contribution in [0.3, 0.4) is 0 Å². The minimum Gasteiger partial charge on any atom is -0.478 e. The second-order valence-corrected chi connectivity index (χ2v) is 4.52. The van der Waals surface area contributed by atoms with E-state index in [-0.39, 0.29) is 5.56 Å². The van der Waals surface area contributed by atoms with Crippen LogP contribution in [0.2, 0.25) is 0 Å². The zero-order valence-corrected chi connectivity index (χ0v) is 9.36. The molecule has 0 unspecified atom stereocenters. The van der Waals surface area contributed by atoms with Gasteiger partial charge in [-0.2, -0.15) is 5.10 Å². The van der Waals surface area contributed by atoms with E-state index in [9.17, 15) is 4.79 Å². The molecule has 0 bridgehead atoms. The molecule has 0 radical (unpaired) electrons. The number of benzene rings is 1. The molecular weight excluding hydrogens is 238 g/mol. The summed E-state index contributed by atoms with van der Waals surface area (Å²) in [6.07, 6.45) is 3.45. The lowest BCUT2D eigenvalue weighted by molar-refractivity contribution is 0.0697. The fourth-order valence-corrected chi connectivity index (χ4v) is 2.53. The third-order valence-corrected chi connectivity index (χ3v) is 3.45. The largest absolute Gasteiger partial charge is 0.478 e. The van der Waals surface area contributed by atoms with Crippen LogP contribution in [-0.2, 0) is 0 Å². The number of aromatic nitrogens is 3. The molecule has 3 rings (SSSR count). The Balaban J connectivity index is 2.16. The number of hydrogen-bond acceptors (Lipinski definition) is 4. The smallest absolute Gasteiger partial charge is 0.335 e. The summed E-state index contributed by atoms with van der Waals surface area (Å²) < 4.78 is 0.862. The molecular formula is C11H7N3O2S. The molecule has 0 aliphatic rings. The third-order valence-electron chi connectivity index (χ3n) is 2.38. The Morgan fingerprint density at radius 2 is 2.29 bits per heavy atom. The van der Waals surface area contributed by atoms with Crippen molar-refractivity contribution >= 4 is 27.5 Å². The molecule has 0 saturated heterocycles. The molecule has 2 aromatic heterocycles. The standard InChI is InChI=1S/C11H7N3O2S/c15-11(16)6-1-2-8-9(3-6)17-10(14-8)7-4-12-13-5-7/h1-5H,(H,12,13)(H,15,16). The predicted octanol–water partition coefficient (Wildman–Crippen LogP) is 2.38. The van der Waals surface area contributed by atoms with E-state index in [0.717, 1.165) is 20.8 Å². The highest BCUT2D eigenvalue weighted by atomic mass is 32.1. The number of carboxylic acid groups (broad SMARTS) is 1. The van der Waals surface area contributed by atoms with Crippen molar-refractivity contribution in [3.8, 4) is 10.6 Å². The number of carboxylic acids is 1. The minimum absolute atomic E-state index is 0.278. The van der Waals surface area contributed by atoms with Gasteiger partial charge < -0.3 is 5.11 Å². The van der Waals surface area contributed by atoms with Crippen molar-refractivity contribution in [2.75, 3.05) is 0 Å². The molecule has 0 atom stereocenters. The number of aromatic carboxylic acids is 1. The number of rotatable bonds is 2. The predicted molar refractivity (Wildman–Crippen MR) is 64.2 cm³/mol. The molecule has 0 aliphatic carbocycles. The molecule has 0 spiro atoms. The van der Waals surface area contributed by atoms with Crippen LogP contribution in [-0.4, -0.2) is 26.3 Å². The van der Waals surface area contributed by atoms with Gasteiger partial charge in [-0.05, 0) is 18.2 Å². The van der Waals surface area contributed by atoms with Crippen LogP contribution in [0.25, 0.3) is 20.8 Å². The Kier molecular flexibility index (Phi) is 2.15. The van der Waals surface area contributed by atoms with E-state index in [4.69, 9.17) is 5.11 Å². The summed E-state index contributed by atoms with van der Waals surface area (Å²) in [4.78, 5) is 15.3. The Labute approximate surface area is 99.7 Å². The maximum absolute atomic E-state index is 10.8. The zero-order valence-electron chi connectivity index (χ0n) is 8.54. The molecule has 1 aromatic carbocycles. The van der Waals surface area contributed by atoms with E-state index in [1.165, 1.54) is 11.3 Å². The summed E-state index contributed by atoms with van der Waals surface area (Å²) in [6, 6.07) is 4.92. The molecule has 0 amide bonds. The summed E-state index contributed by atoms with van der Waals surface area (Å²) in [5.41, 5.74) is 1.99. The summed E-state index contributed by atoms with van der Waals surface area (Å²) in [6.45, 7) is 0. The summed E-state index contributed by atoms with van der Waals surface area (Å²) in [7, 11) is 0. The fourth-order valence-electron chi connectivity index (χ4n) is 1.55. The second kappa shape index (κ2) is 3.67. The zero-order chi connectivity index (χ0) is 11.8. The van der Waals surface area contributed by atoms with Gasteiger partial charge in [-0.25, -0.2) is 9.78 Å². The number of nitrogens with zero attached hydrogens (tertiary/aromatic N) is 2. The first-order chi connectivity index (χ1) is 8.24. The van der Waals surface area contributed by atoms with Crippen LogP contribution in [0.5, 0.6) is 0 Å². The van der Waals surface area contributed by atoms with Gasteiger partial charge in [0.25, 0.3) is 0 Å². The number of thiazole rings is 1. The van der Waals surface area contributed by atoms with Crippen molar-refractivity contribution < 1.29 is 9.90 Å². The van der Waals surface area contributed by atoms with Gasteiger partial charge in [-0.15, -0.1) is 11.3 Å². The van der Waals surface area contributed by atoms with Gasteiger partial charge in [-0.3, -0.25) is 5.10 Å². The highest BCUT2D eigenvalue weighted by molar-refractivity contribution is 7.21. The minimum atomic E-state index is -0.926. The first-order valence-corrected chi connectivity index (χ1v) is 5.69. The monoisotopic (exact) mass is 245 g/mol. The van der Waals surface area contributed by atoms with Crippen LogP contribution in [0.15, 0.2) is 30.6 Å². The average Bonchev–Trinajstić information content (AvgIpc) is 2.96. The summed E-state index contributed by atoms with van der Waals surface area (Å²) >= 11 is 1.45. The maximum atomic E-state index is 10.8. The Bertz CT molecular complexity index is 688. The normalized spacial score (nSPS) is 10.8. The number of carbonyl (C=O) groups is 1. The Hall–Kier alpha value is -2.21. The van der Waals surface area contributed by atoms with Gasteiger partial charge in [0, 0.05) is 11.8 Å². The number of fused-ring (bicyclic) bond motifs is 1. The molecule has 2 N–H and O–H groups in total. The third kappa shape index (κ3) is 1.68. The van der Waals surface area contributed by atoms with Gasteiger partial charge in [0.1, 0.15) is 5.01 Å². The average molecular weight is 245 g/mol. The Morgan fingerprint density at radius 3 is 3.00 bits per heavy atom. The molecule has 84 valence electrons. The fraction of sp³-hybridized carbons (Fsp3) is 0. The highest BCUT2D eigenvalue weighted by Crippen LogP contribution is 2.29. The lowest BCUT2D eigenvalue weighted by Crippen LogP contribution is -1.94. The highest BCUT2D eigenvalue weighted by Gasteiger charge is 2.09. The van der Waals surface area contributed by atoms with Gasteiger partial charge in [0.05, 0.1) is 22.0 Å². The van der Waals surface area contributed by atoms with Gasteiger partial charge >= 0.3 is 5.97 Å². The van der Waals surface area contributed by atoms with E-state index in [1.54, 1.807) is 30.6 Å². The van der Waals surface area contributed by atoms with Gasteiger partial charge in [-0.1, -0.05) is 0 Å². The molecule has 2 heterocycles. The first kappa shape index (κ1) is 9.98. The molecule has 5 nitrogen and oxygen atoms in total. The number of H-pyrrole nitrogens is 1. The lowest BCUT2D eigenvalue weighted by atomic mass is 10.2. The molecule has 0 fully saturated rings. The van der Waals surface area contributed by atoms with Crippen molar-refractivity contribution in [3.63, 3.8) is 0 Å². The van der Waals surface area contributed by atoms with Crippen molar-refractivity contribution in [3.05, 3.63) is 36.2 Å². The van der Waals surface area contributed by atoms with E-state index in [1.807, 2.05) is 0 Å². The van der Waals surface area contributed by atoms with Crippen molar-refractivity contribution in [2.24, 2.45) is 0 Å². The van der Waals surface area contributed by atoms with Crippen LogP contribution in [0, 0.1) is 0 Å². The van der Waals surface area contributed by atoms with Crippen LogP contribution >= 0.6 is 11.3 Å². The van der Waals surface area contributed by atoms with Crippen LogP contribution in [0.1, 0.15) is 10.4 Å². The van der Waals surface area contributed by atoms with E-state index >= 15 is 0 Å². The van der Waals surface area contributed by atoms with Crippen molar-refractivity contribution in [1.29, 1.82) is 0 Å². The van der Waals surface area contributed by atoms with Crippen molar-refractivity contribution in [2.45, 2.75) is 0 Å². The molecule has 3 aromatic rings. The first-order valence-electron chi connectivity index (χ1n) is 4.87. The molecule has 6 heteroatoms. The quantitative estimate of drug-likeness (QED) is 0.726. The van der Waals surface area contributed by atoms with E-state index < -0.39 is 5.97 Å². The second-order valence-electron chi connectivity index (χ2n) is 3.49. The molecule has 0 saturated carbocycles. The number of nitrogens with one attached hydrogen (secondary N) is 1. The summed E-state index contributed by atoms with van der Waals surface area (Å²) in [5.74, 6) is -0.926. The molecule has 17 heavy (non-hydrogen) atoms. The number of aromatic amines is 1. The lowest BCUT2D eigenvalue weighted by Gasteiger charge is -1.91. The SMILES string of the molecule is O=C(O)c1ccc2nc(-c3cn[nH]c3)sc2c1. The van der Waals surface area contributed by atoms with E-state index in [2.05, 4.69) is 15.2 Å². The Morgan fingerprint density at radius 1 is 1.41 bits per heavy atom. The maximum Gasteiger partial charge on any atom is 0.335 e. The topological polar surface area (TPSA) is 78.9 Å². The summed E-state index contributed by atoms with van der Waals surface area (Å²) in [5, 5.41) is 16.3. The van der Waals surface area contributed by atoms with Gasteiger partial charge in [0.2, 0.25) is 0 Å². The van der Waals surface area contributed by atoms with Crippen molar-refractivity contribution in [1.82, 2.24) is 15.2 Å².